The first-order valence-corrected chi connectivity index (χ1v) is 7.81. The molecule has 1 aromatic carbocycles. The molecule has 0 amide bonds. The van der Waals surface area contributed by atoms with Gasteiger partial charge in [-0.05, 0) is 39.8 Å². The molecule has 0 aliphatic rings. The molecule has 0 aliphatic heterocycles. The fourth-order valence-electron chi connectivity index (χ4n) is 1.45. The van der Waals surface area contributed by atoms with E-state index in [9.17, 15) is 13.2 Å². The Bertz CT molecular complexity index is 553. The van der Waals surface area contributed by atoms with Crippen LogP contribution >= 0.6 is 0 Å². The monoisotopic (exact) mass is 284 g/mol. The van der Waals surface area contributed by atoms with Crippen LogP contribution in [0.4, 0.5) is 0 Å². The summed E-state index contributed by atoms with van der Waals surface area (Å²) in [5.74, 6) is -0.501. The third-order valence-electron chi connectivity index (χ3n) is 2.74. The molecular formula is C14H20O4S. The van der Waals surface area contributed by atoms with E-state index in [-0.39, 0.29) is 0 Å². The first kappa shape index (κ1) is 15.7. The Morgan fingerprint density at radius 3 is 2.32 bits per heavy atom. The number of sulfone groups is 1. The predicted octanol–water partition coefficient (Wildman–Crippen LogP) is 2.48. The molecule has 5 heteroatoms. The van der Waals surface area contributed by atoms with Crippen molar-refractivity contribution in [2.75, 3.05) is 12.4 Å². The van der Waals surface area contributed by atoms with E-state index in [0.29, 0.717) is 17.9 Å². The lowest BCUT2D eigenvalue weighted by Crippen LogP contribution is -2.33. The van der Waals surface area contributed by atoms with Crippen molar-refractivity contribution in [2.24, 2.45) is 0 Å². The third kappa shape index (κ3) is 3.80. The first-order valence-electron chi connectivity index (χ1n) is 6.16. The highest BCUT2D eigenvalue weighted by Crippen LogP contribution is 2.22. The van der Waals surface area contributed by atoms with Crippen molar-refractivity contribution in [3.63, 3.8) is 0 Å². The number of carbonyl (C=O) groups is 1. The zero-order chi connectivity index (χ0) is 14.7. The predicted molar refractivity (Wildman–Crippen MR) is 75.5 cm³/mol. The van der Waals surface area contributed by atoms with Crippen LogP contribution in [-0.4, -0.2) is 31.3 Å². The summed E-state index contributed by atoms with van der Waals surface area (Å²) in [5, 5.41) is 0. The van der Waals surface area contributed by atoms with Gasteiger partial charge in [-0.25, -0.2) is 8.42 Å². The summed E-state index contributed by atoms with van der Waals surface area (Å²) in [6.45, 7) is 7.00. The Hall–Kier alpha value is -1.36. The van der Waals surface area contributed by atoms with Gasteiger partial charge in [-0.3, -0.25) is 4.79 Å². The van der Waals surface area contributed by atoms with Crippen LogP contribution in [0.3, 0.4) is 0 Å². The highest BCUT2D eigenvalue weighted by molar-refractivity contribution is 7.93. The van der Waals surface area contributed by atoms with Crippen molar-refractivity contribution in [1.29, 1.82) is 0 Å². The number of hydrogen-bond acceptors (Lipinski definition) is 4. The van der Waals surface area contributed by atoms with Crippen LogP contribution in [0.15, 0.2) is 24.3 Å². The molecule has 19 heavy (non-hydrogen) atoms. The summed E-state index contributed by atoms with van der Waals surface area (Å²) in [6, 6.07) is 6.70. The van der Waals surface area contributed by atoms with Gasteiger partial charge in [0, 0.05) is 0 Å². The summed E-state index contributed by atoms with van der Waals surface area (Å²) >= 11 is 0. The van der Waals surface area contributed by atoms with Crippen LogP contribution in [0.2, 0.25) is 0 Å². The Kier molecular flexibility index (Phi) is 4.74. The van der Waals surface area contributed by atoms with Crippen LogP contribution in [0.1, 0.15) is 38.1 Å². The Labute approximate surface area is 114 Å². The number of Topliss-reactive ketones (excluding diaryl/α,β-unsaturated/α-hetero) is 1. The quantitative estimate of drug-likeness (QED) is 0.779. The van der Waals surface area contributed by atoms with Gasteiger partial charge in [-0.1, -0.05) is 12.1 Å². The molecule has 0 aliphatic carbocycles. The van der Waals surface area contributed by atoms with Crippen molar-refractivity contribution in [3.05, 3.63) is 29.8 Å². The molecule has 1 aromatic rings. The van der Waals surface area contributed by atoms with Crippen molar-refractivity contribution in [3.8, 4) is 5.75 Å². The first-order chi connectivity index (χ1) is 8.69. The van der Waals surface area contributed by atoms with Gasteiger partial charge in [0.15, 0.2) is 15.6 Å². The number of carbonyl (C=O) groups excluding carboxylic acids is 1. The number of hydrogen-bond donors (Lipinski definition) is 0. The van der Waals surface area contributed by atoms with Gasteiger partial charge < -0.3 is 4.74 Å². The maximum atomic E-state index is 12.1. The molecule has 0 bridgehead atoms. The molecule has 0 aromatic heterocycles. The van der Waals surface area contributed by atoms with Gasteiger partial charge in [-0.15, -0.1) is 0 Å². The Morgan fingerprint density at radius 1 is 1.21 bits per heavy atom. The fraction of sp³-hybridized carbons (Fsp3) is 0.500. The average molecular weight is 284 g/mol. The van der Waals surface area contributed by atoms with E-state index in [4.69, 9.17) is 4.74 Å². The van der Waals surface area contributed by atoms with E-state index < -0.39 is 26.1 Å². The Balaban J connectivity index is 3.03. The minimum absolute atomic E-state index is 0.317. The molecule has 1 rings (SSSR count). The summed E-state index contributed by atoms with van der Waals surface area (Å²) in [7, 11) is -3.48. The van der Waals surface area contributed by atoms with E-state index in [2.05, 4.69) is 0 Å². The number of ether oxygens (including phenoxy) is 1. The molecular weight excluding hydrogens is 264 g/mol. The minimum Gasteiger partial charge on any atom is -0.493 e. The third-order valence-corrected chi connectivity index (χ3v) is 5.25. The standard InChI is InChI=1S/C14H20O4S/c1-5-18-13-9-7-6-8-11(13)12(15)10-19(16,17)14(2,3)4/h6-9H,5,10H2,1-4H3. The number of ketones is 1. The molecule has 0 spiro atoms. The van der Waals surface area contributed by atoms with Crippen molar-refractivity contribution in [1.82, 2.24) is 0 Å². The van der Waals surface area contributed by atoms with Crippen molar-refractivity contribution in [2.45, 2.75) is 32.4 Å². The lowest BCUT2D eigenvalue weighted by atomic mass is 10.1. The maximum Gasteiger partial charge on any atom is 0.181 e. The number of rotatable bonds is 5. The zero-order valence-electron chi connectivity index (χ0n) is 11.8. The van der Waals surface area contributed by atoms with E-state index in [1.54, 1.807) is 45.0 Å². The molecule has 0 unspecified atom stereocenters. The van der Waals surface area contributed by atoms with Crippen LogP contribution < -0.4 is 4.74 Å². The highest BCUT2D eigenvalue weighted by atomic mass is 32.2. The van der Waals surface area contributed by atoms with Gasteiger partial charge in [0.2, 0.25) is 0 Å². The smallest absolute Gasteiger partial charge is 0.181 e. The molecule has 0 saturated heterocycles. The molecule has 0 heterocycles. The van der Waals surface area contributed by atoms with E-state index in [1.807, 2.05) is 6.92 Å². The van der Waals surface area contributed by atoms with E-state index in [0.717, 1.165) is 0 Å². The maximum absolute atomic E-state index is 12.1. The van der Waals surface area contributed by atoms with Crippen LogP contribution in [0.25, 0.3) is 0 Å². The average Bonchev–Trinajstić information content (AvgIpc) is 2.28. The fourth-order valence-corrected chi connectivity index (χ4v) is 2.38. The molecule has 0 N–H and O–H groups in total. The van der Waals surface area contributed by atoms with Gasteiger partial charge >= 0.3 is 0 Å². The van der Waals surface area contributed by atoms with Crippen molar-refractivity contribution < 1.29 is 17.9 Å². The molecule has 0 fully saturated rings. The molecule has 0 saturated carbocycles. The molecule has 0 atom stereocenters. The summed E-state index contributed by atoms with van der Waals surface area (Å²) in [6.07, 6.45) is 0. The second-order valence-electron chi connectivity index (χ2n) is 5.22. The lowest BCUT2D eigenvalue weighted by Gasteiger charge is -2.19. The number of benzene rings is 1. The normalized spacial score (nSPS) is 12.2. The van der Waals surface area contributed by atoms with Crippen LogP contribution in [-0.2, 0) is 9.84 Å². The SMILES string of the molecule is CCOc1ccccc1C(=O)CS(=O)(=O)C(C)(C)C. The lowest BCUT2D eigenvalue weighted by molar-refractivity contribution is 0.101. The van der Waals surface area contributed by atoms with Gasteiger partial charge in [0.25, 0.3) is 0 Å². The minimum atomic E-state index is -3.48. The Morgan fingerprint density at radius 2 is 1.79 bits per heavy atom. The molecule has 0 radical (unpaired) electrons. The molecule has 106 valence electrons. The highest BCUT2D eigenvalue weighted by Gasteiger charge is 2.32. The van der Waals surface area contributed by atoms with E-state index >= 15 is 0 Å². The van der Waals surface area contributed by atoms with Crippen LogP contribution in [0, 0.1) is 0 Å². The summed E-state index contributed by atoms with van der Waals surface area (Å²) in [5.41, 5.74) is 0.317. The number of para-hydroxylation sites is 1. The summed E-state index contributed by atoms with van der Waals surface area (Å²) < 4.78 is 28.5. The van der Waals surface area contributed by atoms with Gasteiger partial charge in [0.05, 0.1) is 16.9 Å². The van der Waals surface area contributed by atoms with E-state index in [1.165, 1.54) is 0 Å². The van der Waals surface area contributed by atoms with Gasteiger partial charge in [-0.2, -0.15) is 0 Å². The van der Waals surface area contributed by atoms with Crippen LogP contribution in [0.5, 0.6) is 5.75 Å². The summed E-state index contributed by atoms with van der Waals surface area (Å²) in [4.78, 5) is 12.1. The molecule has 4 nitrogen and oxygen atoms in total. The topological polar surface area (TPSA) is 60.4 Å². The van der Waals surface area contributed by atoms with Crippen molar-refractivity contribution >= 4 is 15.6 Å². The van der Waals surface area contributed by atoms with Gasteiger partial charge in [0.1, 0.15) is 11.5 Å². The second-order valence-corrected chi connectivity index (χ2v) is 7.97. The second kappa shape index (κ2) is 5.74. The largest absolute Gasteiger partial charge is 0.493 e. The zero-order valence-corrected chi connectivity index (χ0v) is 12.6.